The van der Waals surface area contributed by atoms with Gasteiger partial charge in [-0.25, -0.2) is 0 Å². The SMILES string of the molecule is [B][C@@H]1C[C@@H]2C[C@H](C1C)C2(C)C. The predicted octanol–water partition coefficient (Wildman–Crippen LogP) is 2.65. The van der Waals surface area contributed by atoms with Crippen LogP contribution in [-0.2, 0) is 0 Å². The smallest absolute Gasteiger partial charge is 0.0703 e. The Labute approximate surface area is 71.2 Å². The lowest BCUT2D eigenvalue weighted by Crippen LogP contribution is -2.53. The van der Waals surface area contributed by atoms with E-state index in [1.807, 2.05) is 0 Å². The summed E-state index contributed by atoms with van der Waals surface area (Å²) in [5.74, 6) is 3.09. The van der Waals surface area contributed by atoms with E-state index in [0.717, 1.165) is 17.8 Å². The molecule has 0 spiro atoms. The Hall–Kier alpha value is 0.0649. The summed E-state index contributed by atoms with van der Waals surface area (Å²) in [4.78, 5) is 0. The molecule has 0 saturated heterocycles. The van der Waals surface area contributed by atoms with Gasteiger partial charge in [-0.05, 0) is 29.6 Å². The minimum Gasteiger partial charge on any atom is -0.0743 e. The van der Waals surface area contributed by atoms with Crippen molar-refractivity contribution in [3.8, 4) is 0 Å². The maximum atomic E-state index is 6.02. The first-order valence-electron chi connectivity index (χ1n) is 4.79. The van der Waals surface area contributed by atoms with Gasteiger partial charge >= 0.3 is 0 Å². The van der Waals surface area contributed by atoms with E-state index in [9.17, 15) is 0 Å². The van der Waals surface area contributed by atoms with E-state index in [-0.39, 0.29) is 0 Å². The molecule has 60 valence electrons. The third-order valence-electron chi connectivity index (χ3n) is 4.41. The summed E-state index contributed by atoms with van der Waals surface area (Å²) in [5, 5.41) is 0. The third-order valence-corrected chi connectivity index (χ3v) is 4.41. The highest BCUT2D eigenvalue weighted by molar-refractivity contribution is 6.12. The van der Waals surface area contributed by atoms with Crippen LogP contribution in [0.25, 0.3) is 0 Å². The van der Waals surface area contributed by atoms with Gasteiger partial charge in [0.25, 0.3) is 0 Å². The summed E-state index contributed by atoms with van der Waals surface area (Å²) < 4.78 is 0. The van der Waals surface area contributed by atoms with Crippen LogP contribution in [0.4, 0.5) is 0 Å². The van der Waals surface area contributed by atoms with Crippen LogP contribution >= 0.6 is 0 Å². The molecule has 0 aliphatic heterocycles. The predicted molar refractivity (Wildman–Crippen MR) is 48.7 cm³/mol. The molecular formula is C10H17B. The summed E-state index contributed by atoms with van der Waals surface area (Å²) in [6.07, 6.45) is 2.71. The molecule has 0 amide bonds. The Kier molecular flexibility index (Phi) is 1.44. The standard InChI is InChI=1S/C10H17B/c1-6-8-4-7(5-9(6)11)10(8,2)3/h6-9H,4-5H2,1-3H3/t6?,7-,8+,9+/m0/s1. The number of hydrogen-bond donors (Lipinski definition) is 0. The minimum atomic E-state index is 0.492. The maximum absolute atomic E-state index is 6.02. The largest absolute Gasteiger partial charge is 0.0743 e. The molecular weight excluding hydrogens is 131 g/mol. The molecule has 3 saturated carbocycles. The second kappa shape index (κ2) is 2.05. The average molecular weight is 148 g/mol. The summed E-state index contributed by atoms with van der Waals surface area (Å²) >= 11 is 0. The van der Waals surface area contributed by atoms with Crippen molar-refractivity contribution in [1.82, 2.24) is 0 Å². The van der Waals surface area contributed by atoms with Gasteiger partial charge in [0.1, 0.15) is 0 Å². The zero-order valence-electron chi connectivity index (χ0n) is 7.80. The summed E-state index contributed by atoms with van der Waals surface area (Å²) in [6.45, 7) is 7.15. The number of hydrogen-bond acceptors (Lipinski definition) is 0. The van der Waals surface area contributed by atoms with Crippen molar-refractivity contribution in [2.75, 3.05) is 0 Å². The molecule has 3 rings (SSSR count). The van der Waals surface area contributed by atoms with E-state index in [0.29, 0.717) is 11.2 Å². The molecule has 0 aromatic heterocycles. The molecule has 0 N–H and O–H groups in total. The fraction of sp³-hybridized carbons (Fsp3) is 1.00. The van der Waals surface area contributed by atoms with Crippen molar-refractivity contribution < 1.29 is 0 Å². The molecule has 3 aliphatic carbocycles. The van der Waals surface area contributed by atoms with Gasteiger partial charge in [0.15, 0.2) is 0 Å². The van der Waals surface area contributed by atoms with Gasteiger partial charge in [0.2, 0.25) is 0 Å². The first kappa shape index (κ1) is 7.70. The summed E-state index contributed by atoms with van der Waals surface area (Å²) in [6, 6.07) is 0. The second-order valence-corrected chi connectivity index (χ2v) is 5.12. The molecule has 0 nitrogen and oxygen atoms in total. The van der Waals surface area contributed by atoms with Crippen LogP contribution in [0.2, 0.25) is 5.82 Å². The third kappa shape index (κ3) is 0.831. The first-order valence-corrected chi connectivity index (χ1v) is 4.79. The van der Waals surface area contributed by atoms with Gasteiger partial charge in [-0.3, -0.25) is 0 Å². The highest BCUT2D eigenvalue weighted by Gasteiger charge is 2.54. The van der Waals surface area contributed by atoms with Crippen molar-refractivity contribution in [1.29, 1.82) is 0 Å². The molecule has 3 fully saturated rings. The Morgan fingerprint density at radius 3 is 2.27 bits per heavy atom. The zero-order valence-corrected chi connectivity index (χ0v) is 7.80. The normalized spacial score (nSPS) is 53.4. The highest BCUT2D eigenvalue weighted by Crippen LogP contribution is 2.63. The van der Waals surface area contributed by atoms with Crippen LogP contribution in [0.15, 0.2) is 0 Å². The molecule has 2 radical (unpaired) electrons. The van der Waals surface area contributed by atoms with E-state index in [1.54, 1.807) is 0 Å². The Bertz CT molecular complexity index is 174. The molecule has 4 atom stereocenters. The monoisotopic (exact) mass is 148 g/mol. The van der Waals surface area contributed by atoms with Crippen molar-refractivity contribution >= 4 is 7.85 Å². The molecule has 1 heteroatoms. The van der Waals surface area contributed by atoms with E-state index >= 15 is 0 Å². The van der Waals surface area contributed by atoms with Gasteiger partial charge in [-0.15, -0.1) is 0 Å². The highest BCUT2D eigenvalue weighted by atomic mass is 14.6. The van der Waals surface area contributed by atoms with Crippen LogP contribution in [0.1, 0.15) is 33.6 Å². The lowest BCUT2D eigenvalue weighted by atomic mass is 9.41. The molecule has 11 heavy (non-hydrogen) atoms. The molecule has 3 aliphatic rings. The van der Waals surface area contributed by atoms with Gasteiger partial charge in [0, 0.05) is 0 Å². The van der Waals surface area contributed by atoms with Gasteiger partial charge in [0.05, 0.1) is 7.85 Å². The van der Waals surface area contributed by atoms with Crippen LogP contribution in [-0.4, -0.2) is 7.85 Å². The molecule has 0 aromatic rings. The maximum Gasteiger partial charge on any atom is 0.0703 e. The summed E-state index contributed by atoms with van der Waals surface area (Å²) in [5.41, 5.74) is 0.606. The van der Waals surface area contributed by atoms with Crippen molar-refractivity contribution in [2.45, 2.75) is 39.4 Å². The lowest BCUT2D eigenvalue weighted by molar-refractivity contribution is -0.0979. The Balaban J connectivity index is 2.17. The van der Waals surface area contributed by atoms with E-state index in [2.05, 4.69) is 20.8 Å². The van der Waals surface area contributed by atoms with Gasteiger partial charge in [-0.2, -0.15) is 0 Å². The molecule has 0 aromatic carbocycles. The minimum absolute atomic E-state index is 0.492. The average Bonchev–Trinajstić information content (AvgIpc) is 1.93. The second-order valence-electron chi connectivity index (χ2n) is 5.12. The first-order chi connectivity index (χ1) is 5.03. The van der Waals surface area contributed by atoms with E-state index in [4.69, 9.17) is 7.85 Å². The van der Waals surface area contributed by atoms with Gasteiger partial charge in [-0.1, -0.05) is 33.0 Å². The van der Waals surface area contributed by atoms with Gasteiger partial charge < -0.3 is 0 Å². The lowest BCUT2D eigenvalue weighted by Gasteiger charge is -2.62. The van der Waals surface area contributed by atoms with E-state index in [1.165, 1.54) is 12.8 Å². The van der Waals surface area contributed by atoms with Crippen molar-refractivity contribution in [2.24, 2.45) is 23.2 Å². The Morgan fingerprint density at radius 2 is 1.91 bits per heavy atom. The number of rotatable bonds is 0. The quantitative estimate of drug-likeness (QED) is 0.463. The number of fused-ring (bicyclic) bond motifs is 2. The summed E-state index contributed by atoms with van der Waals surface area (Å²) in [7, 11) is 6.02. The molecule has 2 bridgehead atoms. The zero-order chi connectivity index (χ0) is 8.22. The van der Waals surface area contributed by atoms with E-state index < -0.39 is 0 Å². The van der Waals surface area contributed by atoms with Crippen molar-refractivity contribution in [3.05, 3.63) is 0 Å². The topological polar surface area (TPSA) is 0 Å². The molecule has 1 unspecified atom stereocenters. The van der Waals surface area contributed by atoms with Crippen LogP contribution < -0.4 is 0 Å². The van der Waals surface area contributed by atoms with Crippen molar-refractivity contribution in [3.63, 3.8) is 0 Å². The Morgan fingerprint density at radius 1 is 1.27 bits per heavy atom. The molecule has 0 heterocycles. The van der Waals surface area contributed by atoms with Crippen LogP contribution in [0.5, 0.6) is 0 Å². The fourth-order valence-electron chi connectivity index (χ4n) is 3.19. The fourth-order valence-corrected chi connectivity index (χ4v) is 3.19. The van der Waals surface area contributed by atoms with Crippen LogP contribution in [0.3, 0.4) is 0 Å². The van der Waals surface area contributed by atoms with Crippen LogP contribution in [0, 0.1) is 23.2 Å².